The van der Waals surface area contributed by atoms with E-state index in [0.29, 0.717) is 17.5 Å². The second-order valence-corrected chi connectivity index (χ2v) is 5.94. The number of guanidine groups is 1. The van der Waals surface area contributed by atoms with Crippen molar-refractivity contribution in [3.8, 4) is 0 Å². The summed E-state index contributed by atoms with van der Waals surface area (Å²) in [6.45, 7) is 3.56. The van der Waals surface area contributed by atoms with Crippen LogP contribution in [0.25, 0.3) is 0 Å². The first-order valence-corrected chi connectivity index (χ1v) is 7.51. The fourth-order valence-corrected chi connectivity index (χ4v) is 2.70. The van der Waals surface area contributed by atoms with Crippen molar-refractivity contribution in [2.75, 3.05) is 0 Å². The minimum Gasteiger partial charge on any atom is -0.370 e. The fourth-order valence-electron chi connectivity index (χ4n) is 1.91. The molecule has 1 aromatic carbocycles. The molecule has 0 saturated carbocycles. The first-order valence-electron chi connectivity index (χ1n) is 5.97. The van der Waals surface area contributed by atoms with Gasteiger partial charge in [-0.1, -0.05) is 19.4 Å². The first-order chi connectivity index (χ1) is 9.16. The van der Waals surface area contributed by atoms with E-state index in [9.17, 15) is 13.2 Å². The van der Waals surface area contributed by atoms with Crippen LogP contribution in [0.5, 0.6) is 0 Å². The van der Waals surface area contributed by atoms with Crippen molar-refractivity contribution in [1.29, 1.82) is 0 Å². The summed E-state index contributed by atoms with van der Waals surface area (Å²) in [5.74, 6) is -1.06. The van der Waals surface area contributed by atoms with Crippen LogP contribution in [0.3, 0.4) is 0 Å². The zero-order valence-electron chi connectivity index (χ0n) is 11.4. The summed E-state index contributed by atoms with van der Waals surface area (Å²) >= 11 is 0. The molecule has 0 unspecified atom stereocenters. The number of carbonyl (C=O) groups excluding carboxylic acids is 1. The number of sulfonamides is 1. The second kappa shape index (κ2) is 6.02. The molecular formula is C12H18N4O3S. The lowest BCUT2D eigenvalue weighted by molar-refractivity contribution is 0.100. The lowest BCUT2D eigenvalue weighted by Gasteiger charge is -2.11. The summed E-state index contributed by atoms with van der Waals surface area (Å²) in [7, 11) is -3.91. The number of primary sulfonamides is 1. The second-order valence-electron chi connectivity index (χ2n) is 4.41. The standard InChI is InChI=1S/C12H18N4O3S/c1-3-4-8-5-7(2)10(20(15,18)19)6-9(8)11(17)16-12(13)14/h5-6H,3-4H2,1-2H3,(H2,15,18,19)(H4,13,14,16,17). The highest BCUT2D eigenvalue weighted by Gasteiger charge is 2.19. The molecule has 0 spiro atoms. The predicted octanol–water partition coefficient (Wildman–Crippen LogP) is 0.00852. The van der Waals surface area contributed by atoms with Crippen LogP contribution in [0.2, 0.25) is 0 Å². The molecule has 1 amide bonds. The zero-order valence-corrected chi connectivity index (χ0v) is 12.2. The van der Waals surface area contributed by atoms with Gasteiger partial charge in [-0.3, -0.25) is 4.79 Å². The van der Waals surface area contributed by atoms with Crippen molar-refractivity contribution in [3.05, 3.63) is 28.8 Å². The number of carbonyl (C=O) groups is 1. The number of aliphatic imine (C=N–C) groups is 1. The van der Waals surface area contributed by atoms with Crippen LogP contribution >= 0.6 is 0 Å². The van der Waals surface area contributed by atoms with Crippen LogP contribution in [0.15, 0.2) is 22.0 Å². The maximum atomic E-state index is 12.0. The van der Waals surface area contributed by atoms with Crippen LogP contribution in [0, 0.1) is 6.92 Å². The van der Waals surface area contributed by atoms with E-state index in [4.69, 9.17) is 16.6 Å². The molecule has 8 heteroatoms. The van der Waals surface area contributed by atoms with Crippen molar-refractivity contribution in [2.45, 2.75) is 31.6 Å². The zero-order chi connectivity index (χ0) is 15.5. The van der Waals surface area contributed by atoms with Gasteiger partial charge >= 0.3 is 0 Å². The Kier molecular flexibility index (Phi) is 4.85. The minimum atomic E-state index is -3.91. The minimum absolute atomic E-state index is 0.105. The van der Waals surface area contributed by atoms with E-state index in [-0.39, 0.29) is 16.4 Å². The lowest BCUT2D eigenvalue weighted by Crippen LogP contribution is -2.24. The molecule has 6 N–H and O–H groups in total. The van der Waals surface area contributed by atoms with Crippen LogP contribution < -0.4 is 16.6 Å². The molecule has 1 rings (SSSR count). The first kappa shape index (κ1) is 16.1. The topological polar surface area (TPSA) is 142 Å². The van der Waals surface area contributed by atoms with Crippen molar-refractivity contribution < 1.29 is 13.2 Å². The highest BCUT2D eigenvalue weighted by Crippen LogP contribution is 2.22. The Balaban J connectivity index is 3.54. The van der Waals surface area contributed by atoms with E-state index in [1.165, 1.54) is 6.07 Å². The van der Waals surface area contributed by atoms with Crippen LogP contribution in [-0.2, 0) is 16.4 Å². The van der Waals surface area contributed by atoms with Gasteiger partial charge in [-0.05, 0) is 30.5 Å². The molecule has 7 nitrogen and oxygen atoms in total. The van der Waals surface area contributed by atoms with Gasteiger partial charge in [-0.25, -0.2) is 13.6 Å². The SMILES string of the molecule is CCCc1cc(C)c(S(N)(=O)=O)cc1C(=O)N=C(N)N. The average Bonchev–Trinajstić information content (AvgIpc) is 2.26. The Bertz CT molecular complexity index is 662. The number of rotatable bonds is 4. The molecule has 20 heavy (non-hydrogen) atoms. The van der Waals surface area contributed by atoms with Gasteiger partial charge in [0.15, 0.2) is 5.96 Å². The van der Waals surface area contributed by atoms with Gasteiger partial charge in [-0.2, -0.15) is 4.99 Å². The predicted molar refractivity (Wildman–Crippen MR) is 76.7 cm³/mol. The van der Waals surface area contributed by atoms with Crippen molar-refractivity contribution in [3.63, 3.8) is 0 Å². The highest BCUT2D eigenvalue weighted by atomic mass is 32.2. The third-order valence-electron chi connectivity index (χ3n) is 2.69. The maximum absolute atomic E-state index is 12.0. The normalized spacial score (nSPS) is 11.2. The Morgan fingerprint density at radius 2 is 1.90 bits per heavy atom. The fraction of sp³-hybridized carbons (Fsp3) is 0.333. The lowest BCUT2D eigenvalue weighted by atomic mass is 10.00. The number of aryl methyl sites for hydroxylation is 2. The number of hydrogen-bond acceptors (Lipinski definition) is 3. The summed E-state index contributed by atoms with van der Waals surface area (Å²) in [4.78, 5) is 15.3. The Labute approximate surface area is 117 Å². The van der Waals surface area contributed by atoms with Crippen molar-refractivity contribution >= 4 is 21.9 Å². The molecule has 0 fully saturated rings. The molecule has 0 aromatic heterocycles. The molecule has 0 aliphatic carbocycles. The molecule has 1 aromatic rings. The van der Waals surface area contributed by atoms with Gasteiger partial charge in [0, 0.05) is 5.56 Å². The third kappa shape index (κ3) is 3.78. The molecule has 0 heterocycles. The Hall–Kier alpha value is -1.93. The third-order valence-corrected chi connectivity index (χ3v) is 3.74. The van der Waals surface area contributed by atoms with Crippen molar-refractivity contribution in [2.24, 2.45) is 21.6 Å². The van der Waals surface area contributed by atoms with Crippen LogP contribution in [-0.4, -0.2) is 20.3 Å². The largest absolute Gasteiger partial charge is 0.370 e. The molecule has 0 aliphatic rings. The van der Waals surface area contributed by atoms with Gasteiger partial charge in [0.25, 0.3) is 5.91 Å². The molecular weight excluding hydrogens is 280 g/mol. The van der Waals surface area contributed by atoms with Gasteiger partial charge in [0.05, 0.1) is 4.90 Å². The number of nitrogens with zero attached hydrogens (tertiary/aromatic N) is 1. The molecule has 0 radical (unpaired) electrons. The van der Waals surface area contributed by atoms with E-state index in [1.807, 2.05) is 6.92 Å². The van der Waals surface area contributed by atoms with E-state index < -0.39 is 15.9 Å². The summed E-state index contributed by atoms with van der Waals surface area (Å²) in [6, 6.07) is 2.85. The molecule has 0 atom stereocenters. The number of benzene rings is 1. The monoisotopic (exact) mass is 298 g/mol. The maximum Gasteiger partial charge on any atom is 0.280 e. The summed E-state index contributed by atoms with van der Waals surface area (Å²) < 4.78 is 23.0. The van der Waals surface area contributed by atoms with Gasteiger partial charge in [0.2, 0.25) is 10.0 Å². The average molecular weight is 298 g/mol. The van der Waals surface area contributed by atoms with E-state index in [0.717, 1.165) is 6.42 Å². The summed E-state index contributed by atoms with van der Waals surface area (Å²) in [5.41, 5.74) is 11.7. The van der Waals surface area contributed by atoms with Crippen LogP contribution in [0.4, 0.5) is 0 Å². The van der Waals surface area contributed by atoms with E-state index in [1.54, 1.807) is 13.0 Å². The molecule has 0 aliphatic heterocycles. The van der Waals surface area contributed by atoms with Crippen LogP contribution in [0.1, 0.15) is 34.8 Å². The Morgan fingerprint density at radius 1 is 1.30 bits per heavy atom. The summed E-state index contributed by atoms with van der Waals surface area (Å²) in [5, 5.41) is 5.13. The molecule has 110 valence electrons. The van der Waals surface area contributed by atoms with Crippen molar-refractivity contribution in [1.82, 2.24) is 0 Å². The van der Waals surface area contributed by atoms with Gasteiger partial charge < -0.3 is 11.5 Å². The van der Waals surface area contributed by atoms with Gasteiger partial charge in [0.1, 0.15) is 0 Å². The molecule has 0 bridgehead atoms. The van der Waals surface area contributed by atoms with E-state index >= 15 is 0 Å². The molecule has 0 saturated heterocycles. The number of nitrogens with two attached hydrogens (primary N) is 3. The quantitative estimate of drug-likeness (QED) is 0.530. The van der Waals surface area contributed by atoms with Gasteiger partial charge in [-0.15, -0.1) is 0 Å². The van der Waals surface area contributed by atoms with E-state index in [2.05, 4.69) is 4.99 Å². The highest BCUT2D eigenvalue weighted by molar-refractivity contribution is 7.89. The Morgan fingerprint density at radius 3 is 2.35 bits per heavy atom. The summed E-state index contributed by atoms with van der Waals surface area (Å²) in [6.07, 6.45) is 1.39. The number of amides is 1. The smallest absolute Gasteiger partial charge is 0.280 e. The number of hydrogen-bond donors (Lipinski definition) is 3.